The lowest BCUT2D eigenvalue weighted by Crippen LogP contribution is -2.13. The third-order valence-corrected chi connectivity index (χ3v) is 1.84. The molecule has 1 aromatic heterocycles. The molecule has 1 rings (SSSR count). The number of hydrogen-bond acceptors (Lipinski definition) is 2. The molecule has 0 aliphatic rings. The molecule has 0 N–H and O–H groups in total. The number of aryl methyl sites for hydroxylation is 2. The van der Waals surface area contributed by atoms with E-state index in [0.717, 1.165) is 0 Å². The zero-order valence-corrected chi connectivity index (χ0v) is 7.32. The molecule has 68 valence electrons. The van der Waals surface area contributed by atoms with Gasteiger partial charge in [-0.05, 0) is 13.8 Å². The van der Waals surface area contributed by atoms with Crippen LogP contribution in [0.2, 0.25) is 0 Å². The van der Waals surface area contributed by atoms with Crippen LogP contribution >= 0.6 is 0 Å². The van der Waals surface area contributed by atoms with E-state index in [1.54, 1.807) is 0 Å². The van der Waals surface area contributed by atoms with Gasteiger partial charge in [-0.3, -0.25) is 0 Å². The van der Waals surface area contributed by atoms with E-state index in [0.29, 0.717) is 0 Å². The summed E-state index contributed by atoms with van der Waals surface area (Å²) in [5, 5.41) is 3.48. The minimum absolute atomic E-state index is 0.0648. The van der Waals surface area contributed by atoms with E-state index in [9.17, 15) is 8.78 Å². The fourth-order valence-electron chi connectivity index (χ4n) is 1.18. The Bertz CT molecular complexity index is 261. The predicted molar refractivity (Wildman–Crippen MR) is 40.2 cm³/mol. The molecule has 0 unspecified atom stereocenters. The first-order valence-electron chi connectivity index (χ1n) is 3.80. The molecule has 0 bridgehead atoms. The monoisotopic (exact) mass is 175 g/mol. The number of alkyl halides is 2. The van der Waals surface area contributed by atoms with E-state index in [2.05, 4.69) is 9.68 Å². The van der Waals surface area contributed by atoms with Crippen LogP contribution < -0.4 is 0 Å². The molecule has 0 radical (unpaired) electrons. The molecule has 4 heteroatoms. The molecule has 0 atom stereocenters. The molecule has 0 aliphatic carbocycles. The second-order valence-electron chi connectivity index (χ2n) is 2.76. The van der Waals surface area contributed by atoms with Gasteiger partial charge in [0.05, 0.1) is 11.3 Å². The molecule has 1 heterocycles. The highest BCUT2D eigenvalue weighted by molar-refractivity contribution is 5.25. The van der Waals surface area contributed by atoms with Gasteiger partial charge in [0.15, 0.2) is 0 Å². The van der Waals surface area contributed by atoms with E-state index < -0.39 is 5.92 Å². The van der Waals surface area contributed by atoms with Crippen LogP contribution in [-0.4, -0.2) is 5.16 Å². The summed E-state index contributed by atoms with van der Waals surface area (Å²) in [5.41, 5.74) is 0.212. The summed E-state index contributed by atoms with van der Waals surface area (Å²) in [7, 11) is 0. The summed E-state index contributed by atoms with van der Waals surface area (Å²) in [4.78, 5) is 0. The second kappa shape index (κ2) is 2.84. The van der Waals surface area contributed by atoms with Gasteiger partial charge >= 0.3 is 0 Å². The van der Waals surface area contributed by atoms with Crippen molar-refractivity contribution in [3.05, 3.63) is 17.0 Å². The van der Waals surface area contributed by atoms with Gasteiger partial charge in [-0.15, -0.1) is 0 Å². The van der Waals surface area contributed by atoms with Crippen LogP contribution in [0.4, 0.5) is 8.78 Å². The zero-order chi connectivity index (χ0) is 9.35. The molecule has 0 saturated heterocycles. The molecular formula is C8H11F2NO. The van der Waals surface area contributed by atoms with E-state index in [1.807, 2.05) is 0 Å². The summed E-state index contributed by atoms with van der Waals surface area (Å²) in [6, 6.07) is 0. The van der Waals surface area contributed by atoms with Crippen molar-refractivity contribution in [2.75, 3.05) is 0 Å². The van der Waals surface area contributed by atoms with Crippen LogP contribution in [0.25, 0.3) is 0 Å². The van der Waals surface area contributed by atoms with Crippen molar-refractivity contribution in [3.63, 3.8) is 0 Å². The van der Waals surface area contributed by atoms with E-state index >= 15 is 0 Å². The van der Waals surface area contributed by atoms with Crippen molar-refractivity contribution in [2.45, 2.75) is 33.1 Å². The maximum Gasteiger partial charge on any atom is 0.278 e. The Morgan fingerprint density at radius 3 is 2.33 bits per heavy atom. The minimum Gasteiger partial charge on any atom is -0.361 e. The average Bonchev–Trinajstić information content (AvgIpc) is 2.31. The fourth-order valence-corrected chi connectivity index (χ4v) is 1.18. The lowest BCUT2D eigenvalue weighted by atomic mass is 10.1. The zero-order valence-electron chi connectivity index (χ0n) is 7.32. The first-order chi connectivity index (χ1) is 5.49. The maximum absolute atomic E-state index is 13.1. The van der Waals surface area contributed by atoms with Crippen LogP contribution in [0.1, 0.15) is 30.4 Å². The molecule has 0 saturated carbocycles. The lowest BCUT2D eigenvalue weighted by molar-refractivity contribution is -0.0101. The van der Waals surface area contributed by atoms with Gasteiger partial charge in [-0.25, -0.2) is 8.78 Å². The highest BCUT2D eigenvalue weighted by atomic mass is 19.3. The molecular weight excluding hydrogens is 164 g/mol. The first-order valence-corrected chi connectivity index (χ1v) is 3.80. The molecule has 0 aromatic carbocycles. The van der Waals surface area contributed by atoms with E-state index in [-0.39, 0.29) is 23.4 Å². The average molecular weight is 175 g/mol. The Morgan fingerprint density at radius 1 is 1.42 bits per heavy atom. The smallest absolute Gasteiger partial charge is 0.278 e. The number of halogens is 2. The standard InChI is InChI=1S/C8H11F2NO/c1-4-8(9,10)7-5(2)11-12-6(7)3/h4H2,1-3H3. The molecule has 1 aromatic rings. The largest absolute Gasteiger partial charge is 0.361 e. The van der Waals surface area contributed by atoms with Crippen molar-refractivity contribution in [3.8, 4) is 0 Å². The Hall–Kier alpha value is -0.930. The Labute approximate surface area is 69.6 Å². The number of aromatic nitrogens is 1. The summed E-state index contributed by atoms with van der Waals surface area (Å²) >= 11 is 0. The Morgan fingerprint density at radius 2 is 2.00 bits per heavy atom. The highest BCUT2D eigenvalue weighted by Crippen LogP contribution is 2.35. The van der Waals surface area contributed by atoms with Gasteiger partial charge in [0, 0.05) is 6.42 Å². The van der Waals surface area contributed by atoms with Crippen LogP contribution in [0, 0.1) is 13.8 Å². The van der Waals surface area contributed by atoms with Crippen LogP contribution in [-0.2, 0) is 5.92 Å². The third kappa shape index (κ3) is 1.33. The van der Waals surface area contributed by atoms with Gasteiger partial charge in [-0.2, -0.15) is 0 Å². The van der Waals surface area contributed by atoms with E-state index in [4.69, 9.17) is 0 Å². The Balaban J connectivity index is 3.17. The Kier molecular flexibility index (Phi) is 2.17. The van der Waals surface area contributed by atoms with Crippen molar-refractivity contribution < 1.29 is 13.3 Å². The van der Waals surface area contributed by atoms with Gasteiger partial charge in [-0.1, -0.05) is 12.1 Å². The van der Waals surface area contributed by atoms with Gasteiger partial charge in [0.25, 0.3) is 5.92 Å². The number of hydrogen-bond donors (Lipinski definition) is 0. The third-order valence-electron chi connectivity index (χ3n) is 1.84. The molecule has 0 aliphatic heterocycles. The van der Waals surface area contributed by atoms with Gasteiger partial charge in [0.1, 0.15) is 5.76 Å². The quantitative estimate of drug-likeness (QED) is 0.690. The lowest BCUT2D eigenvalue weighted by Gasteiger charge is -2.12. The van der Waals surface area contributed by atoms with Crippen LogP contribution in [0.3, 0.4) is 0 Å². The topological polar surface area (TPSA) is 26.0 Å². The predicted octanol–water partition coefficient (Wildman–Crippen LogP) is 2.79. The van der Waals surface area contributed by atoms with Crippen LogP contribution in [0.5, 0.6) is 0 Å². The van der Waals surface area contributed by atoms with Gasteiger partial charge in [0.2, 0.25) is 0 Å². The summed E-state index contributed by atoms with van der Waals surface area (Å²) in [6.07, 6.45) is -0.226. The number of nitrogens with zero attached hydrogens (tertiary/aromatic N) is 1. The normalized spacial score (nSPS) is 12.1. The van der Waals surface area contributed by atoms with Crippen molar-refractivity contribution >= 4 is 0 Å². The van der Waals surface area contributed by atoms with Crippen molar-refractivity contribution in [1.82, 2.24) is 5.16 Å². The molecule has 0 spiro atoms. The maximum atomic E-state index is 13.1. The number of rotatable bonds is 2. The molecule has 12 heavy (non-hydrogen) atoms. The SMILES string of the molecule is CCC(F)(F)c1c(C)noc1C. The summed E-state index contributed by atoms with van der Waals surface area (Å²) in [5.74, 6) is -2.60. The summed E-state index contributed by atoms with van der Waals surface area (Å²) in [6.45, 7) is 4.46. The van der Waals surface area contributed by atoms with E-state index in [1.165, 1.54) is 20.8 Å². The molecule has 2 nitrogen and oxygen atoms in total. The highest BCUT2D eigenvalue weighted by Gasteiger charge is 2.35. The van der Waals surface area contributed by atoms with Crippen molar-refractivity contribution in [1.29, 1.82) is 0 Å². The van der Waals surface area contributed by atoms with Crippen molar-refractivity contribution in [2.24, 2.45) is 0 Å². The first kappa shape index (κ1) is 9.16. The fraction of sp³-hybridized carbons (Fsp3) is 0.625. The summed E-state index contributed by atoms with van der Waals surface area (Å²) < 4.78 is 30.9. The van der Waals surface area contributed by atoms with Gasteiger partial charge < -0.3 is 4.52 Å². The second-order valence-corrected chi connectivity index (χ2v) is 2.76. The van der Waals surface area contributed by atoms with Crippen LogP contribution in [0.15, 0.2) is 4.52 Å². The molecule has 0 amide bonds. The minimum atomic E-state index is -2.81. The molecule has 0 fully saturated rings.